The molecule has 0 atom stereocenters. The van der Waals surface area contributed by atoms with Crippen LogP contribution in [0.2, 0.25) is 0 Å². The van der Waals surface area contributed by atoms with E-state index in [4.69, 9.17) is 0 Å². The monoisotopic (exact) mass is 444 g/mol. The highest BCUT2D eigenvalue weighted by molar-refractivity contribution is 9.11. The summed E-state index contributed by atoms with van der Waals surface area (Å²) in [5, 5.41) is 8.06. The van der Waals surface area contributed by atoms with Crippen molar-refractivity contribution in [2.45, 2.75) is 0 Å². The van der Waals surface area contributed by atoms with Gasteiger partial charge >= 0.3 is 0 Å². The molecule has 0 saturated heterocycles. The van der Waals surface area contributed by atoms with Crippen molar-refractivity contribution in [3.05, 3.63) is 81.7 Å². The predicted octanol–water partition coefficient (Wildman–Crippen LogP) is 6.49. The summed E-state index contributed by atoms with van der Waals surface area (Å²) in [4.78, 5) is 0. The van der Waals surface area contributed by atoms with Gasteiger partial charge in [-0.1, -0.05) is 69.7 Å². The van der Waals surface area contributed by atoms with Gasteiger partial charge in [0, 0.05) is 14.5 Å². The molecular weight excluding hydrogens is 432 g/mol. The Balaban J connectivity index is 1.81. The minimum atomic E-state index is 0.782. The second-order valence-corrected chi connectivity index (χ2v) is 6.72. The Bertz CT molecular complexity index is 836. The molecule has 0 aliphatic rings. The number of halogens is 2. The van der Waals surface area contributed by atoms with E-state index in [0.29, 0.717) is 0 Å². The average Bonchev–Trinajstić information content (AvgIpc) is 2.61. The van der Waals surface area contributed by atoms with Crippen molar-refractivity contribution in [3.8, 4) is 11.1 Å². The molecule has 0 aliphatic carbocycles. The first-order valence-corrected chi connectivity index (χ1v) is 8.84. The average molecular weight is 446 g/mol. The van der Waals surface area contributed by atoms with Gasteiger partial charge in [0.1, 0.15) is 0 Å². The Labute approximate surface area is 157 Å². The number of hydrazine groups is 1. The summed E-state index contributed by atoms with van der Waals surface area (Å²) in [6.07, 6.45) is 0. The molecule has 0 bridgehead atoms. The Morgan fingerprint density at radius 2 is 1.46 bits per heavy atom. The van der Waals surface area contributed by atoms with Crippen LogP contribution in [0.5, 0.6) is 0 Å². The van der Waals surface area contributed by atoms with E-state index in [1.807, 2.05) is 54.6 Å². The zero-order chi connectivity index (χ0) is 16.8. The maximum absolute atomic E-state index is 4.10. The van der Waals surface area contributed by atoms with Crippen molar-refractivity contribution in [3.63, 3.8) is 0 Å². The Hall–Kier alpha value is -2.18. The number of nitrogens with one attached hydrogen (secondary N) is 2. The molecule has 0 unspecified atom stereocenters. The zero-order valence-corrected chi connectivity index (χ0v) is 15.8. The smallest absolute Gasteiger partial charge is 0.0874 e. The summed E-state index contributed by atoms with van der Waals surface area (Å²) in [7, 11) is 0. The van der Waals surface area contributed by atoms with Crippen LogP contribution in [-0.2, 0) is 0 Å². The lowest BCUT2D eigenvalue weighted by atomic mass is 10.0. The first-order valence-electron chi connectivity index (χ1n) is 7.25. The lowest BCUT2D eigenvalue weighted by Crippen LogP contribution is -2.15. The predicted molar refractivity (Wildman–Crippen MR) is 105 cm³/mol. The molecule has 3 rings (SSSR count). The van der Waals surface area contributed by atoms with Crippen LogP contribution in [0.1, 0.15) is 0 Å². The molecule has 24 heavy (non-hydrogen) atoms. The molecule has 3 aromatic carbocycles. The number of anilines is 1. The van der Waals surface area contributed by atoms with E-state index >= 15 is 0 Å². The fourth-order valence-corrected chi connectivity index (χ4v) is 3.53. The number of hydrogen-bond donors (Lipinski definition) is 2. The molecule has 4 nitrogen and oxygen atoms in total. The molecule has 0 radical (unpaired) electrons. The zero-order valence-electron chi connectivity index (χ0n) is 12.6. The molecule has 0 fully saturated rings. The summed E-state index contributed by atoms with van der Waals surface area (Å²) in [6.45, 7) is 0. The summed E-state index contributed by atoms with van der Waals surface area (Å²) in [6, 6.07) is 23.7. The molecule has 0 heterocycles. The van der Waals surface area contributed by atoms with Crippen molar-refractivity contribution >= 4 is 43.2 Å². The van der Waals surface area contributed by atoms with Gasteiger partial charge in [0.2, 0.25) is 0 Å². The van der Waals surface area contributed by atoms with Gasteiger partial charge < -0.3 is 0 Å². The Kier molecular flexibility index (Phi) is 5.61. The van der Waals surface area contributed by atoms with Gasteiger partial charge in [-0.25, -0.2) is 5.53 Å². The van der Waals surface area contributed by atoms with E-state index in [0.717, 1.165) is 31.4 Å². The molecular formula is C18H14Br2N4. The van der Waals surface area contributed by atoms with E-state index in [1.54, 1.807) is 0 Å². The third kappa shape index (κ3) is 4.21. The second kappa shape index (κ2) is 8.08. The van der Waals surface area contributed by atoms with Gasteiger partial charge in [-0.3, -0.25) is 5.43 Å². The Morgan fingerprint density at radius 3 is 2.17 bits per heavy atom. The van der Waals surface area contributed by atoms with Crippen molar-refractivity contribution in [1.29, 1.82) is 0 Å². The lowest BCUT2D eigenvalue weighted by molar-refractivity contribution is 0.805. The highest BCUT2D eigenvalue weighted by Crippen LogP contribution is 2.36. The van der Waals surface area contributed by atoms with E-state index < -0.39 is 0 Å². The summed E-state index contributed by atoms with van der Waals surface area (Å²) >= 11 is 7.12. The van der Waals surface area contributed by atoms with Gasteiger partial charge in [-0.05, 0) is 45.8 Å². The van der Waals surface area contributed by atoms with E-state index in [1.165, 1.54) is 0 Å². The van der Waals surface area contributed by atoms with Crippen LogP contribution in [0, 0.1) is 0 Å². The van der Waals surface area contributed by atoms with Gasteiger partial charge in [0.15, 0.2) is 0 Å². The fourth-order valence-electron chi connectivity index (χ4n) is 2.20. The number of nitrogens with zero attached hydrogens (tertiary/aromatic N) is 2. The van der Waals surface area contributed by atoms with Crippen molar-refractivity contribution in [1.82, 2.24) is 5.53 Å². The third-order valence-corrected chi connectivity index (χ3v) is 4.38. The maximum atomic E-state index is 4.10. The lowest BCUT2D eigenvalue weighted by Gasteiger charge is -2.14. The minimum absolute atomic E-state index is 0.782. The van der Waals surface area contributed by atoms with E-state index in [2.05, 4.69) is 71.4 Å². The molecule has 0 amide bonds. The SMILES string of the molecule is Brc1cc(Br)c(NNN=Nc2ccccc2)c(-c2ccccc2)c1. The molecule has 3 aromatic rings. The van der Waals surface area contributed by atoms with Crippen LogP contribution < -0.4 is 11.0 Å². The van der Waals surface area contributed by atoms with Crippen LogP contribution in [0.15, 0.2) is 92.1 Å². The van der Waals surface area contributed by atoms with Gasteiger partial charge in [-0.15, -0.1) is 5.11 Å². The molecule has 0 aliphatic heterocycles. The molecule has 6 heteroatoms. The van der Waals surface area contributed by atoms with Gasteiger partial charge in [-0.2, -0.15) is 0 Å². The van der Waals surface area contributed by atoms with Crippen LogP contribution in [0.25, 0.3) is 11.1 Å². The standard InChI is InChI=1S/C18H14Br2N4/c19-14-11-16(13-7-3-1-4-8-13)18(17(20)12-14)22-24-23-21-15-9-5-2-6-10-15/h1-12H,(H,21,24)(H,22,23). The molecule has 120 valence electrons. The summed E-state index contributed by atoms with van der Waals surface area (Å²) in [5.41, 5.74) is 9.69. The third-order valence-electron chi connectivity index (χ3n) is 3.29. The highest BCUT2D eigenvalue weighted by atomic mass is 79.9. The van der Waals surface area contributed by atoms with Crippen LogP contribution >= 0.6 is 31.9 Å². The normalized spacial score (nSPS) is 10.8. The van der Waals surface area contributed by atoms with E-state index in [9.17, 15) is 0 Å². The largest absolute Gasteiger partial charge is 0.282 e. The minimum Gasteiger partial charge on any atom is -0.282 e. The van der Waals surface area contributed by atoms with Crippen LogP contribution in [0.4, 0.5) is 11.4 Å². The van der Waals surface area contributed by atoms with Crippen LogP contribution in [-0.4, -0.2) is 0 Å². The quantitative estimate of drug-likeness (QED) is 0.348. The molecule has 2 N–H and O–H groups in total. The summed E-state index contributed by atoms with van der Waals surface area (Å²) < 4.78 is 1.91. The Morgan fingerprint density at radius 1 is 0.792 bits per heavy atom. The highest BCUT2D eigenvalue weighted by Gasteiger charge is 2.10. The maximum Gasteiger partial charge on any atom is 0.0874 e. The van der Waals surface area contributed by atoms with E-state index in [-0.39, 0.29) is 0 Å². The van der Waals surface area contributed by atoms with Crippen LogP contribution in [0.3, 0.4) is 0 Å². The second-order valence-electron chi connectivity index (χ2n) is 4.95. The molecule has 0 aromatic heterocycles. The van der Waals surface area contributed by atoms with Crippen molar-refractivity contribution < 1.29 is 0 Å². The van der Waals surface area contributed by atoms with Crippen molar-refractivity contribution in [2.24, 2.45) is 10.3 Å². The first-order chi connectivity index (χ1) is 11.7. The first kappa shape index (κ1) is 16.7. The number of benzene rings is 3. The number of hydrogen-bond acceptors (Lipinski definition) is 3. The fraction of sp³-hybridized carbons (Fsp3) is 0. The topological polar surface area (TPSA) is 48.8 Å². The number of rotatable bonds is 5. The molecule has 0 spiro atoms. The molecule has 0 saturated carbocycles. The van der Waals surface area contributed by atoms with Gasteiger partial charge in [0.05, 0.1) is 11.4 Å². The summed E-state index contributed by atoms with van der Waals surface area (Å²) in [5.74, 6) is 0. The van der Waals surface area contributed by atoms with Gasteiger partial charge in [0.25, 0.3) is 0 Å². The van der Waals surface area contributed by atoms with Crippen molar-refractivity contribution in [2.75, 3.05) is 5.43 Å².